The molecule has 1 fully saturated rings. The van der Waals surface area contributed by atoms with Crippen molar-refractivity contribution in [2.24, 2.45) is 5.92 Å². The number of amides is 1. The lowest BCUT2D eigenvalue weighted by molar-refractivity contribution is -0.120. The molecule has 0 saturated carbocycles. The minimum atomic E-state index is -3.46. The van der Waals surface area contributed by atoms with E-state index in [1.54, 1.807) is 0 Å². The van der Waals surface area contributed by atoms with Gasteiger partial charge in [0, 0.05) is 32.9 Å². The molecule has 0 aromatic heterocycles. The lowest BCUT2D eigenvalue weighted by atomic mass is 9.98. The van der Waals surface area contributed by atoms with Gasteiger partial charge in [-0.2, -0.15) is 17.0 Å². The summed E-state index contributed by atoms with van der Waals surface area (Å²) < 4.78 is 27.0. The fraction of sp³-hybridized carbons (Fsp3) is 0.562. The number of carbonyl (C=O) groups is 1. The number of anilines is 1. The van der Waals surface area contributed by atoms with Crippen LogP contribution in [-0.4, -0.2) is 50.1 Å². The molecule has 1 aromatic carbocycles. The SMILES string of the molecule is Cc1ccc(NC(=O)[C@@H]2CCCN(S(=O)(=O)N(C)C)C2)cc1C. The van der Waals surface area contributed by atoms with Gasteiger partial charge in [-0.15, -0.1) is 0 Å². The van der Waals surface area contributed by atoms with E-state index in [0.717, 1.165) is 11.3 Å². The summed E-state index contributed by atoms with van der Waals surface area (Å²) in [5.74, 6) is -0.438. The van der Waals surface area contributed by atoms with Gasteiger partial charge in [-0.05, 0) is 49.9 Å². The molecule has 1 atom stereocenters. The minimum absolute atomic E-state index is 0.119. The van der Waals surface area contributed by atoms with Crippen molar-refractivity contribution >= 4 is 21.8 Å². The third-order valence-corrected chi connectivity index (χ3v) is 6.22. The lowest BCUT2D eigenvalue weighted by Gasteiger charge is -2.32. The molecule has 0 radical (unpaired) electrons. The van der Waals surface area contributed by atoms with Crippen molar-refractivity contribution in [3.05, 3.63) is 29.3 Å². The molecule has 1 aliphatic heterocycles. The number of nitrogens with one attached hydrogen (secondary N) is 1. The van der Waals surface area contributed by atoms with Gasteiger partial charge < -0.3 is 5.32 Å². The molecule has 1 saturated heterocycles. The molecule has 0 spiro atoms. The molecule has 6 nitrogen and oxygen atoms in total. The molecule has 1 aliphatic rings. The van der Waals surface area contributed by atoms with E-state index >= 15 is 0 Å². The predicted molar refractivity (Wildman–Crippen MR) is 91.4 cm³/mol. The summed E-state index contributed by atoms with van der Waals surface area (Å²) in [6, 6.07) is 5.77. The first-order valence-electron chi connectivity index (χ1n) is 7.77. The first-order chi connectivity index (χ1) is 10.7. The fourth-order valence-corrected chi connectivity index (χ4v) is 3.85. The van der Waals surface area contributed by atoms with Crippen molar-refractivity contribution in [2.45, 2.75) is 26.7 Å². The summed E-state index contributed by atoms with van der Waals surface area (Å²) in [5.41, 5.74) is 3.04. The van der Waals surface area contributed by atoms with Gasteiger partial charge in [0.15, 0.2) is 0 Å². The van der Waals surface area contributed by atoms with Crippen molar-refractivity contribution in [1.82, 2.24) is 8.61 Å². The monoisotopic (exact) mass is 339 g/mol. The third kappa shape index (κ3) is 4.10. The summed E-state index contributed by atoms with van der Waals surface area (Å²) in [4.78, 5) is 12.5. The Morgan fingerprint density at radius 2 is 1.96 bits per heavy atom. The van der Waals surface area contributed by atoms with Crippen LogP contribution in [0.5, 0.6) is 0 Å². The molecular weight excluding hydrogens is 314 g/mol. The largest absolute Gasteiger partial charge is 0.326 e. The Morgan fingerprint density at radius 1 is 1.26 bits per heavy atom. The highest BCUT2D eigenvalue weighted by molar-refractivity contribution is 7.86. The standard InChI is InChI=1S/C16H25N3O3S/c1-12-7-8-15(10-13(12)2)17-16(20)14-6-5-9-19(11-14)23(21,22)18(3)4/h7-8,10,14H,5-6,9,11H2,1-4H3,(H,17,20)/t14-/m1/s1. The maximum atomic E-state index is 12.5. The van der Waals surface area contributed by atoms with E-state index in [2.05, 4.69) is 5.32 Å². The van der Waals surface area contributed by atoms with Gasteiger partial charge in [0.2, 0.25) is 5.91 Å². The Bertz CT molecular complexity index is 686. The number of benzene rings is 1. The van der Waals surface area contributed by atoms with Crippen LogP contribution in [-0.2, 0) is 15.0 Å². The van der Waals surface area contributed by atoms with Crippen molar-refractivity contribution in [3.8, 4) is 0 Å². The third-order valence-electron chi connectivity index (χ3n) is 4.32. The molecule has 0 aliphatic carbocycles. The zero-order chi connectivity index (χ0) is 17.2. The van der Waals surface area contributed by atoms with Crippen LogP contribution in [0.3, 0.4) is 0 Å². The van der Waals surface area contributed by atoms with Gasteiger partial charge >= 0.3 is 0 Å². The second-order valence-electron chi connectivity index (χ2n) is 6.28. The first kappa shape index (κ1) is 17.9. The summed E-state index contributed by atoms with van der Waals surface area (Å²) >= 11 is 0. The molecular formula is C16H25N3O3S. The highest BCUT2D eigenvalue weighted by Gasteiger charge is 2.33. The molecule has 1 N–H and O–H groups in total. The zero-order valence-electron chi connectivity index (χ0n) is 14.2. The molecule has 128 valence electrons. The average Bonchev–Trinajstić information content (AvgIpc) is 2.51. The number of piperidine rings is 1. The Balaban J connectivity index is 2.06. The van der Waals surface area contributed by atoms with Crippen LogP contribution in [0.1, 0.15) is 24.0 Å². The van der Waals surface area contributed by atoms with Gasteiger partial charge in [0.25, 0.3) is 10.2 Å². The Labute approximate surface area is 138 Å². The Morgan fingerprint density at radius 3 is 2.57 bits per heavy atom. The highest BCUT2D eigenvalue weighted by Crippen LogP contribution is 2.22. The molecule has 7 heteroatoms. The number of aryl methyl sites for hydroxylation is 2. The van der Waals surface area contributed by atoms with Crippen LogP contribution in [0, 0.1) is 19.8 Å². The van der Waals surface area contributed by atoms with Crippen LogP contribution in [0.4, 0.5) is 5.69 Å². The van der Waals surface area contributed by atoms with Gasteiger partial charge in [-0.1, -0.05) is 6.07 Å². The molecule has 0 bridgehead atoms. The maximum Gasteiger partial charge on any atom is 0.281 e. The van der Waals surface area contributed by atoms with Crippen LogP contribution >= 0.6 is 0 Å². The van der Waals surface area contributed by atoms with E-state index in [-0.39, 0.29) is 18.4 Å². The minimum Gasteiger partial charge on any atom is -0.326 e. The van der Waals surface area contributed by atoms with E-state index in [9.17, 15) is 13.2 Å². The fourth-order valence-electron chi connectivity index (χ4n) is 2.66. The van der Waals surface area contributed by atoms with Gasteiger partial charge in [-0.25, -0.2) is 0 Å². The molecule has 1 amide bonds. The zero-order valence-corrected chi connectivity index (χ0v) is 15.0. The molecule has 23 heavy (non-hydrogen) atoms. The van der Waals surface area contributed by atoms with Gasteiger partial charge in [-0.3, -0.25) is 4.79 Å². The molecule has 1 aromatic rings. The van der Waals surface area contributed by atoms with E-state index < -0.39 is 10.2 Å². The second-order valence-corrected chi connectivity index (χ2v) is 8.42. The second kappa shape index (κ2) is 6.98. The number of nitrogens with zero attached hydrogens (tertiary/aromatic N) is 2. The quantitative estimate of drug-likeness (QED) is 0.909. The number of carbonyl (C=O) groups excluding carboxylic acids is 1. The highest BCUT2D eigenvalue weighted by atomic mass is 32.2. The average molecular weight is 339 g/mol. The van der Waals surface area contributed by atoms with E-state index in [1.807, 2.05) is 32.0 Å². The lowest BCUT2D eigenvalue weighted by Crippen LogP contribution is -2.47. The smallest absolute Gasteiger partial charge is 0.281 e. The number of hydrogen-bond donors (Lipinski definition) is 1. The molecule has 1 heterocycles. The van der Waals surface area contributed by atoms with Crippen molar-refractivity contribution < 1.29 is 13.2 Å². The summed E-state index contributed by atoms with van der Waals surface area (Å²) in [6.07, 6.45) is 1.40. The maximum absolute atomic E-state index is 12.5. The predicted octanol–water partition coefficient (Wildman–Crippen LogP) is 1.76. The molecule has 0 unspecified atom stereocenters. The van der Waals surface area contributed by atoms with Crippen molar-refractivity contribution in [3.63, 3.8) is 0 Å². The Hall–Kier alpha value is -1.44. The van der Waals surface area contributed by atoms with Crippen LogP contribution in [0.2, 0.25) is 0 Å². The van der Waals surface area contributed by atoms with Crippen molar-refractivity contribution in [1.29, 1.82) is 0 Å². The van der Waals surface area contributed by atoms with E-state index in [0.29, 0.717) is 19.4 Å². The summed E-state index contributed by atoms with van der Waals surface area (Å²) in [6.45, 7) is 4.72. The topological polar surface area (TPSA) is 69.7 Å². The van der Waals surface area contributed by atoms with Gasteiger partial charge in [0.05, 0.1) is 5.92 Å². The van der Waals surface area contributed by atoms with Gasteiger partial charge in [0.1, 0.15) is 0 Å². The number of hydrogen-bond acceptors (Lipinski definition) is 3. The van der Waals surface area contributed by atoms with Crippen LogP contribution in [0.25, 0.3) is 0 Å². The molecule has 2 rings (SSSR count). The Kier molecular flexibility index (Phi) is 5.44. The van der Waals surface area contributed by atoms with E-state index in [4.69, 9.17) is 0 Å². The summed E-state index contributed by atoms with van der Waals surface area (Å²) in [7, 11) is -0.449. The summed E-state index contributed by atoms with van der Waals surface area (Å²) in [5, 5.41) is 2.91. The van der Waals surface area contributed by atoms with Crippen molar-refractivity contribution in [2.75, 3.05) is 32.5 Å². The van der Waals surface area contributed by atoms with E-state index in [1.165, 1.54) is 28.3 Å². The van der Waals surface area contributed by atoms with Crippen LogP contribution in [0.15, 0.2) is 18.2 Å². The number of rotatable bonds is 4. The first-order valence-corrected chi connectivity index (χ1v) is 9.17. The van der Waals surface area contributed by atoms with Crippen LogP contribution < -0.4 is 5.32 Å². The normalized spacial score (nSPS) is 19.8.